The van der Waals surface area contributed by atoms with Gasteiger partial charge in [0.15, 0.2) is 0 Å². The second-order valence-electron chi connectivity index (χ2n) is 15.4. The molecule has 0 aliphatic carbocycles. The number of phenolic OH excluding ortho intramolecular Hbond substituents is 2. The van der Waals surface area contributed by atoms with Crippen LogP contribution >= 0.6 is 36.9 Å². The molecule has 2 unspecified atom stereocenters. The van der Waals surface area contributed by atoms with Gasteiger partial charge in [0.25, 0.3) is 0 Å². The zero-order valence-electron chi connectivity index (χ0n) is 32.6. The topological polar surface area (TPSA) is 50.3 Å². The third-order valence-electron chi connectivity index (χ3n) is 11.6. The number of para-hydroxylation sites is 4. The van der Waals surface area contributed by atoms with Crippen molar-refractivity contribution in [3.63, 3.8) is 0 Å². The number of nitrogens with zero attached hydrogens (tertiary/aromatic N) is 2. The Labute approximate surface area is 363 Å². The summed E-state index contributed by atoms with van der Waals surface area (Å²) in [6.45, 7) is 4.31. The molecule has 0 saturated carbocycles. The van der Waals surface area contributed by atoms with Gasteiger partial charge in [-0.15, -0.1) is 0 Å². The molecule has 4 aromatic heterocycles. The molecule has 9 heteroatoms. The number of phenols is 2. The van der Waals surface area contributed by atoms with Crippen molar-refractivity contribution >= 4 is 80.5 Å². The number of aromatic nitrogens is 2. The zero-order chi connectivity index (χ0) is 39.8. The summed E-state index contributed by atoms with van der Waals surface area (Å²) in [6.07, 6.45) is 2.45. The SMILES string of the molecule is Cc1cc(-c2cscc2[S]2=[Zr]=[S](c3cscc3-c3cc(C)cc(-n4c5ccccc5c5ccccc54)c3O)CCCC2)c(O)c(-n2c3ccccc3c3ccccc32)c1. The predicted octanol–water partition coefficient (Wildman–Crippen LogP) is 15.0. The molecular weight excluding hydrogens is 880 g/mol. The fraction of sp³-hybridized carbons (Fsp3) is 0.120. The molecular formula is C50H40N2O2S4Zr. The van der Waals surface area contributed by atoms with Crippen LogP contribution in [0.1, 0.15) is 24.0 Å². The number of hydrogen-bond donors (Lipinski definition) is 2. The van der Waals surface area contributed by atoms with Crippen LogP contribution in [0.15, 0.2) is 153 Å². The van der Waals surface area contributed by atoms with Gasteiger partial charge in [0.2, 0.25) is 0 Å². The summed E-state index contributed by atoms with van der Waals surface area (Å²) in [5.41, 5.74) is 12.6. The van der Waals surface area contributed by atoms with Crippen molar-refractivity contribution in [1.29, 1.82) is 0 Å². The van der Waals surface area contributed by atoms with E-state index in [-0.39, 0.29) is 14.2 Å². The molecule has 2 atom stereocenters. The van der Waals surface area contributed by atoms with Crippen LogP contribution in [0.25, 0.3) is 77.2 Å². The van der Waals surface area contributed by atoms with Crippen LogP contribution in [0, 0.1) is 13.8 Å². The summed E-state index contributed by atoms with van der Waals surface area (Å²) in [7, 11) is 0.309. The van der Waals surface area contributed by atoms with E-state index in [1.54, 1.807) is 22.7 Å². The molecule has 1 aliphatic rings. The Bertz CT molecular complexity index is 3070. The van der Waals surface area contributed by atoms with E-state index >= 15 is 0 Å². The van der Waals surface area contributed by atoms with Crippen LogP contribution in [0.2, 0.25) is 0 Å². The van der Waals surface area contributed by atoms with Crippen molar-refractivity contribution in [3.05, 3.63) is 154 Å². The van der Waals surface area contributed by atoms with Gasteiger partial charge in [-0.2, -0.15) is 0 Å². The summed E-state index contributed by atoms with van der Waals surface area (Å²) >= 11 is 2.51. The number of aromatic hydroxyl groups is 2. The molecule has 10 aromatic rings. The first-order valence-corrected chi connectivity index (χ1v) is 30.6. The van der Waals surface area contributed by atoms with Gasteiger partial charge in [0.1, 0.15) is 0 Å². The molecule has 0 bridgehead atoms. The summed E-state index contributed by atoms with van der Waals surface area (Å²) in [6, 6.07) is 42.7. The van der Waals surface area contributed by atoms with Crippen molar-refractivity contribution in [2.24, 2.45) is 0 Å². The average molecular weight is 920 g/mol. The summed E-state index contributed by atoms with van der Waals surface area (Å²) in [4.78, 5) is 2.89. The monoisotopic (exact) mass is 918 g/mol. The van der Waals surface area contributed by atoms with E-state index in [0.29, 0.717) is 11.5 Å². The van der Waals surface area contributed by atoms with Crippen LogP contribution in [-0.4, -0.2) is 30.9 Å². The number of thiophene rings is 2. The van der Waals surface area contributed by atoms with Gasteiger partial charge in [0, 0.05) is 0 Å². The average Bonchev–Trinajstić information content (AvgIpc) is 4.04. The van der Waals surface area contributed by atoms with Crippen LogP contribution in [0.5, 0.6) is 11.5 Å². The van der Waals surface area contributed by atoms with Crippen LogP contribution in [0.3, 0.4) is 0 Å². The summed E-state index contributed by atoms with van der Waals surface area (Å²) in [5, 5.41) is 38.8. The summed E-state index contributed by atoms with van der Waals surface area (Å²) in [5.74, 6) is 3.13. The number of benzene rings is 6. The van der Waals surface area contributed by atoms with Crippen molar-refractivity contribution in [2.75, 3.05) is 11.5 Å². The standard InChI is InChI=1S/C50H40N2O2S4.Zr/c1-31-23-37(49(53)45(25-31)51-41-17-7-3-13-33(41)34-14-4-8-18-42(34)51)39-27-55-29-47(39)57-21-11-12-22-58-48-30-56-28-40(48)38-24-32(2)26-46(50(38)54)52-43-19-9-5-15-35(43)36-16-6-10-20-44(36)52;/h3-10,13-20,23-30,53-54H,11-12,21-22H2,1-2H3;. The van der Waals surface area contributed by atoms with E-state index < -0.39 is 19.2 Å². The minimum absolute atomic E-state index is 0.155. The van der Waals surface area contributed by atoms with E-state index in [1.165, 1.54) is 66.8 Å². The molecule has 0 radical (unpaired) electrons. The second-order valence-corrected chi connectivity index (χ2v) is 31.7. The molecule has 0 amide bonds. The van der Waals surface area contributed by atoms with E-state index in [2.05, 4.69) is 166 Å². The van der Waals surface area contributed by atoms with E-state index in [1.807, 2.05) is 0 Å². The predicted molar refractivity (Wildman–Crippen MR) is 252 cm³/mol. The molecule has 11 rings (SSSR count). The number of aryl methyl sites for hydroxylation is 2. The van der Waals surface area contributed by atoms with Crippen molar-refractivity contribution in [2.45, 2.75) is 36.5 Å². The number of rotatable bonds is 6. The first kappa shape index (κ1) is 37.5. The quantitative estimate of drug-likeness (QED) is 0.175. The third kappa shape index (κ3) is 6.27. The van der Waals surface area contributed by atoms with Crippen molar-refractivity contribution in [1.82, 2.24) is 9.13 Å². The van der Waals surface area contributed by atoms with E-state index in [0.717, 1.165) is 55.7 Å². The van der Waals surface area contributed by atoms with Gasteiger partial charge in [-0.1, -0.05) is 0 Å². The molecule has 2 N–H and O–H groups in total. The molecule has 0 saturated heterocycles. The van der Waals surface area contributed by atoms with Crippen molar-refractivity contribution < 1.29 is 29.4 Å². The maximum absolute atomic E-state index is 12.4. The molecule has 0 fully saturated rings. The Morgan fingerprint density at radius 2 is 0.831 bits per heavy atom. The Hall–Kier alpha value is -4.50. The van der Waals surface area contributed by atoms with E-state index in [4.69, 9.17) is 0 Å². The van der Waals surface area contributed by atoms with Crippen LogP contribution in [-0.2, 0) is 19.2 Å². The van der Waals surface area contributed by atoms with Gasteiger partial charge in [-0.3, -0.25) is 0 Å². The molecule has 5 heterocycles. The number of fused-ring (bicyclic) bond motifs is 6. The van der Waals surface area contributed by atoms with Gasteiger partial charge < -0.3 is 0 Å². The van der Waals surface area contributed by atoms with Crippen LogP contribution in [0.4, 0.5) is 0 Å². The fourth-order valence-electron chi connectivity index (χ4n) is 8.99. The Balaban J connectivity index is 1.05. The summed E-state index contributed by atoms with van der Waals surface area (Å²) < 4.78 is 4.49. The zero-order valence-corrected chi connectivity index (χ0v) is 38.3. The normalized spacial score (nSPS) is 15.8. The first-order valence-electron chi connectivity index (χ1n) is 19.9. The molecule has 59 heavy (non-hydrogen) atoms. The first-order chi connectivity index (χ1) is 28.9. The van der Waals surface area contributed by atoms with Gasteiger partial charge >= 0.3 is 366 Å². The van der Waals surface area contributed by atoms with Crippen LogP contribution < -0.4 is 0 Å². The second kappa shape index (κ2) is 15.2. The fourth-order valence-corrected chi connectivity index (χ4v) is 35.4. The van der Waals surface area contributed by atoms with Gasteiger partial charge in [-0.25, -0.2) is 0 Å². The molecule has 6 aromatic carbocycles. The maximum atomic E-state index is 12.4. The Kier molecular flexibility index (Phi) is 9.66. The molecule has 0 spiro atoms. The number of hydrogen-bond acceptors (Lipinski definition) is 4. The van der Waals surface area contributed by atoms with Gasteiger partial charge in [0.05, 0.1) is 0 Å². The van der Waals surface area contributed by atoms with E-state index in [9.17, 15) is 10.2 Å². The Morgan fingerprint density at radius 3 is 1.20 bits per heavy atom. The van der Waals surface area contributed by atoms with Crippen molar-refractivity contribution in [3.8, 4) is 45.1 Å². The Morgan fingerprint density at radius 1 is 0.475 bits per heavy atom. The third-order valence-corrected chi connectivity index (χ3v) is 33.3. The molecule has 4 nitrogen and oxygen atoms in total. The van der Waals surface area contributed by atoms with Gasteiger partial charge in [-0.05, 0) is 0 Å². The molecule has 290 valence electrons. The molecule has 1 aliphatic heterocycles. The minimum atomic E-state index is -1.04.